The van der Waals surface area contributed by atoms with Crippen LogP contribution in [0.3, 0.4) is 0 Å². The number of ketones is 1. The van der Waals surface area contributed by atoms with Crippen LogP contribution in [0.25, 0.3) is 11.1 Å². The minimum atomic E-state index is 0.224. The van der Waals surface area contributed by atoms with E-state index in [-0.39, 0.29) is 5.78 Å². The Morgan fingerprint density at radius 3 is 2.57 bits per heavy atom. The van der Waals surface area contributed by atoms with Crippen LogP contribution in [-0.4, -0.2) is 22.3 Å². The maximum Gasteiger partial charge on any atom is 0.316 e. The Bertz CT molecular complexity index is 987. The van der Waals surface area contributed by atoms with Gasteiger partial charge in [-0.3, -0.25) is 0 Å². The molecule has 0 aliphatic rings. The van der Waals surface area contributed by atoms with Crippen molar-refractivity contribution in [2.24, 2.45) is 0 Å². The molecular formula is C25H29N3O2. The summed E-state index contributed by atoms with van der Waals surface area (Å²) in [6.07, 6.45) is 3.26. The van der Waals surface area contributed by atoms with E-state index in [2.05, 4.69) is 52.5 Å². The molecule has 0 saturated heterocycles. The maximum atomic E-state index is 11.0. The third-order valence-corrected chi connectivity index (χ3v) is 5.14. The van der Waals surface area contributed by atoms with Gasteiger partial charge in [0.2, 0.25) is 0 Å². The van der Waals surface area contributed by atoms with Crippen molar-refractivity contribution in [3.63, 3.8) is 0 Å². The zero-order chi connectivity index (χ0) is 21.3. The molecule has 0 fully saturated rings. The number of hydrogen-bond donors (Lipinski definition) is 1. The number of Topliss-reactive ketones (excluding diaryl/α,β-unsaturated/α-hetero) is 1. The molecule has 0 spiro atoms. The topological polar surface area (TPSA) is 64.1 Å². The summed E-state index contributed by atoms with van der Waals surface area (Å²) >= 11 is 0. The number of nitrogens with one attached hydrogen (secondary N) is 1. The molecule has 2 aromatic carbocycles. The number of hydrogen-bond acceptors (Lipinski definition) is 5. The lowest BCUT2D eigenvalue weighted by Gasteiger charge is -2.13. The van der Waals surface area contributed by atoms with Gasteiger partial charge < -0.3 is 14.8 Å². The van der Waals surface area contributed by atoms with Crippen molar-refractivity contribution in [3.05, 3.63) is 77.1 Å². The molecule has 1 N–H and O–H groups in total. The first-order chi connectivity index (χ1) is 14.5. The van der Waals surface area contributed by atoms with Gasteiger partial charge in [0.1, 0.15) is 12.4 Å². The molecule has 5 nitrogen and oxygen atoms in total. The predicted octanol–water partition coefficient (Wildman–Crippen LogP) is 4.80. The van der Waals surface area contributed by atoms with Crippen LogP contribution in [-0.2, 0) is 17.9 Å². The number of ether oxygens (including phenoxy) is 1. The lowest BCUT2D eigenvalue weighted by molar-refractivity contribution is -0.117. The lowest BCUT2D eigenvalue weighted by atomic mass is 9.97. The number of nitrogens with zero attached hydrogens (tertiary/aromatic N) is 2. The smallest absolute Gasteiger partial charge is 0.316 e. The van der Waals surface area contributed by atoms with E-state index in [0.29, 0.717) is 25.6 Å². The van der Waals surface area contributed by atoms with Crippen LogP contribution in [0.15, 0.2) is 54.7 Å². The lowest BCUT2D eigenvalue weighted by Crippen LogP contribution is -2.17. The first-order valence-electron chi connectivity index (χ1n) is 10.3. The van der Waals surface area contributed by atoms with Crippen LogP contribution in [0.5, 0.6) is 6.01 Å². The summed E-state index contributed by atoms with van der Waals surface area (Å²) in [6.45, 7) is 7.61. The van der Waals surface area contributed by atoms with Crippen molar-refractivity contribution in [2.45, 2.75) is 46.8 Å². The first kappa shape index (κ1) is 21.7. The molecule has 1 heterocycles. The Kier molecular flexibility index (Phi) is 7.69. The van der Waals surface area contributed by atoms with E-state index in [4.69, 9.17) is 4.74 Å². The normalized spacial score (nSPS) is 10.8. The average molecular weight is 404 g/mol. The Balaban J connectivity index is 1.59. The Labute approximate surface area is 178 Å². The summed E-state index contributed by atoms with van der Waals surface area (Å²) in [5.41, 5.74) is 6.66. The quantitative estimate of drug-likeness (QED) is 0.493. The van der Waals surface area contributed by atoms with Crippen LogP contribution in [0.1, 0.15) is 42.1 Å². The molecule has 0 amide bonds. The van der Waals surface area contributed by atoms with Gasteiger partial charge in [0.25, 0.3) is 0 Å². The van der Waals surface area contributed by atoms with Gasteiger partial charge in [-0.1, -0.05) is 48.5 Å². The van der Waals surface area contributed by atoms with Crippen molar-refractivity contribution in [2.75, 3.05) is 6.54 Å². The molecule has 0 aliphatic carbocycles. The molecule has 1 aromatic heterocycles. The van der Waals surface area contributed by atoms with Gasteiger partial charge in [-0.05, 0) is 56.0 Å². The standard InChI is InChI=1S/C25H29N3O2/c1-18(29)9-8-14-26-15-23-16-27-25(28-20(23)3)30-17-22-12-7-13-24(19(22)2)21-10-5-4-6-11-21/h4-7,10-13,16,26H,8-9,14-15,17H2,1-3H3. The van der Waals surface area contributed by atoms with E-state index in [9.17, 15) is 4.79 Å². The molecule has 0 aliphatic heterocycles. The summed E-state index contributed by atoms with van der Waals surface area (Å²) in [6, 6.07) is 17.0. The monoisotopic (exact) mass is 403 g/mol. The van der Waals surface area contributed by atoms with Crippen LogP contribution < -0.4 is 10.1 Å². The molecule has 0 unspecified atom stereocenters. The Morgan fingerprint density at radius 1 is 1.03 bits per heavy atom. The Hall–Kier alpha value is -3.05. The molecule has 0 atom stereocenters. The molecule has 3 aromatic rings. The fraction of sp³-hybridized carbons (Fsp3) is 0.320. The third kappa shape index (κ3) is 5.97. The summed E-state index contributed by atoms with van der Waals surface area (Å²) in [7, 11) is 0. The highest BCUT2D eigenvalue weighted by Crippen LogP contribution is 2.26. The number of rotatable bonds is 10. The fourth-order valence-corrected chi connectivity index (χ4v) is 3.31. The van der Waals surface area contributed by atoms with Gasteiger partial charge in [-0.25, -0.2) is 9.97 Å². The fourth-order valence-electron chi connectivity index (χ4n) is 3.31. The van der Waals surface area contributed by atoms with Crippen molar-refractivity contribution in [1.82, 2.24) is 15.3 Å². The minimum Gasteiger partial charge on any atom is -0.459 e. The van der Waals surface area contributed by atoms with Gasteiger partial charge in [0, 0.05) is 30.4 Å². The van der Waals surface area contributed by atoms with Gasteiger partial charge in [-0.2, -0.15) is 0 Å². The second-order valence-corrected chi connectivity index (χ2v) is 7.49. The van der Waals surface area contributed by atoms with Crippen molar-refractivity contribution in [1.29, 1.82) is 0 Å². The third-order valence-electron chi connectivity index (χ3n) is 5.14. The van der Waals surface area contributed by atoms with Crippen LogP contribution >= 0.6 is 0 Å². The molecule has 156 valence electrons. The van der Waals surface area contributed by atoms with Crippen molar-refractivity contribution >= 4 is 5.78 Å². The first-order valence-corrected chi connectivity index (χ1v) is 10.3. The van der Waals surface area contributed by atoms with Crippen molar-refractivity contribution < 1.29 is 9.53 Å². The van der Waals surface area contributed by atoms with E-state index in [0.717, 1.165) is 29.8 Å². The SMILES string of the molecule is CC(=O)CCCNCc1cnc(OCc2cccc(-c3ccccc3)c2C)nc1C. The van der Waals surface area contributed by atoms with Gasteiger partial charge in [0.05, 0.1) is 0 Å². The van der Waals surface area contributed by atoms with E-state index in [1.165, 1.54) is 16.7 Å². The summed E-state index contributed by atoms with van der Waals surface area (Å²) in [4.78, 5) is 19.8. The van der Waals surface area contributed by atoms with Gasteiger partial charge >= 0.3 is 6.01 Å². The molecule has 5 heteroatoms. The van der Waals surface area contributed by atoms with E-state index in [1.807, 2.05) is 31.3 Å². The molecule has 0 radical (unpaired) electrons. The molecule has 3 rings (SSSR count). The summed E-state index contributed by atoms with van der Waals surface area (Å²) < 4.78 is 5.89. The number of benzene rings is 2. The van der Waals surface area contributed by atoms with Crippen LogP contribution in [0.2, 0.25) is 0 Å². The van der Waals surface area contributed by atoms with Crippen molar-refractivity contribution in [3.8, 4) is 17.1 Å². The largest absolute Gasteiger partial charge is 0.459 e. The van der Waals surface area contributed by atoms with E-state index in [1.54, 1.807) is 6.92 Å². The molecule has 0 saturated carbocycles. The highest BCUT2D eigenvalue weighted by molar-refractivity contribution is 5.75. The predicted molar refractivity (Wildman–Crippen MR) is 119 cm³/mol. The summed E-state index contributed by atoms with van der Waals surface area (Å²) in [5.74, 6) is 0.224. The number of aromatic nitrogens is 2. The number of aryl methyl sites for hydroxylation is 1. The molecular weight excluding hydrogens is 374 g/mol. The maximum absolute atomic E-state index is 11.0. The Morgan fingerprint density at radius 2 is 1.83 bits per heavy atom. The van der Waals surface area contributed by atoms with Crippen LogP contribution in [0, 0.1) is 13.8 Å². The number of carbonyl (C=O) groups is 1. The second kappa shape index (κ2) is 10.6. The second-order valence-electron chi connectivity index (χ2n) is 7.49. The van der Waals surface area contributed by atoms with E-state index < -0.39 is 0 Å². The number of carbonyl (C=O) groups excluding carboxylic acids is 1. The average Bonchev–Trinajstić information content (AvgIpc) is 2.74. The molecule has 0 bridgehead atoms. The highest BCUT2D eigenvalue weighted by atomic mass is 16.5. The van der Waals surface area contributed by atoms with Gasteiger partial charge in [0.15, 0.2) is 0 Å². The van der Waals surface area contributed by atoms with E-state index >= 15 is 0 Å². The molecule has 30 heavy (non-hydrogen) atoms. The van der Waals surface area contributed by atoms with Crippen LogP contribution in [0.4, 0.5) is 0 Å². The van der Waals surface area contributed by atoms with Gasteiger partial charge in [-0.15, -0.1) is 0 Å². The zero-order valence-electron chi connectivity index (χ0n) is 17.9. The summed E-state index contributed by atoms with van der Waals surface area (Å²) in [5, 5.41) is 3.33. The zero-order valence-corrected chi connectivity index (χ0v) is 17.9. The highest BCUT2D eigenvalue weighted by Gasteiger charge is 2.09. The minimum absolute atomic E-state index is 0.224.